The van der Waals surface area contributed by atoms with E-state index in [-0.39, 0.29) is 11.7 Å². The second-order valence-corrected chi connectivity index (χ2v) is 8.61. The summed E-state index contributed by atoms with van der Waals surface area (Å²) in [6, 6.07) is 3.95. The van der Waals surface area contributed by atoms with Gasteiger partial charge in [0, 0.05) is 38.9 Å². The number of unbranched alkanes of at least 4 members (excludes halogenated alkanes) is 1. The molecule has 0 saturated carbocycles. The number of amides is 1. The third kappa shape index (κ3) is 4.57. The largest absolute Gasteiger partial charge is 0.486 e. The first-order valence-corrected chi connectivity index (χ1v) is 10.6. The number of carbonyl (C=O) groups is 2. The molecular weight excluding hydrogens is 352 g/mol. The van der Waals surface area contributed by atoms with Gasteiger partial charge in [-0.3, -0.25) is 9.59 Å². The molecule has 28 heavy (non-hydrogen) atoms. The van der Waals surface area contributed by atoms with E-state index in [0.717, 1.165) is 42.8 Å². The van der Waals surface area contributed by atoms with Gasteiger partial charge in [0.05, 0.1) is 12.0 Å². The molecule has 5 heteroatoms. The molecule has 1 spiro atoms. The molecular formula is C23H34N2O3. The highest BCUT2D eigenvalue weighted by Crippen LogP contribution is 2.40. The van der Waals surface area contributed by atoms with Crippen molar-refractivity contribution in [3.05, 3.63) is 28.8 Å². The summed E-state index contributed by atoms with van der Waals surface area (Å²) in [5.74, 6) is 1.10. The van der Waals surface area contributed by atoms with Crippen molar-refractivity contribution in [1.29, 1.82) is 0 Å². The second-order valence-electron chi connectivity index (χ2n) is 8.61. The second kappa shape index (κ2) is 8.64. The Morgan fingerprint density at radius 2 is 1.86 bits per heavy atom. The molecule has 2 aliphatic heterocycles. The average Bonchev–Trinajstić information content (AvgIpc) is 2.66. The zero-order chi connectivity index (χ0) is 20.3. The first-order chi connectivity index (χ1) is 13.3. The Balaban J connectivity index is 1.57. The molecule has 5 nitrogen and oxygen atoms in total. The van der Waals surface area contributed by atoms with E-state index in [0.29, 0.717) is 31.5 Å². The monoisotopic (exact) mass is 386 g/mol. The Kier molecular flexibility index (Phi) is 6.43. The number of carbonyl (C=O) groups excluding carboxylic acids is 2. The van der Waals surface area contributed by atoms with Gasteiger partial charge in [-0.1, -0.05) is 13.3 Å². The standard InChI is InChI=1S/C23H34N2O3/c1-5-6-10-24(4)11-7-22(27)25-12-8-23(9-13-25)16-20(26)19-14-17(2)18(3)15-21(19)28-23/h14-15H,5-13,16H2,1-4H3. The van der Waals surface area contributed by atoms with Crippen molar-refractivity contribution in [3.8, 4) is 5.75 Å². The number of ether oxygens (including phenoxy) is 1. The minimum atomic E-state index is -0.444. The first-order valence-electron chi connectivity index (χ1n) is 10.6. The summed E-state index contributed by atoms with van der Waals surface area (Å²) >= 11 is 0. The highest BCUT2D eigenvalue weighted by atomic mass is 16.5. The molecule has 1 saturated heterocycles. The van der Waals surface area contributed by atoms with Crippen LogP contribution < -0.4 is 4.74 Å². The number of benzene rings is 1. The number of rotatable bonds is 6. The van der Waals surface area contributed by atoms with Crippen LogP contribution in [-0.4, -0.2) is 60.3 Å². The maximum atomic E-state index is 12.7. The number of nitrogens with zero attached hydrogens (tertiary/aromatic N) is 2. The maximum Gasteiger partial charge on any atom is 0.223 e. The Hall–Kier alpha value is -1.88. The van der Waals surface area contributed by atoms with Gasteiger partial charge in [-0.05, 0) is 57.1 Å². The molecule has 1 aromatic carbocycles. The van der Waals surface area contributed by atoms with Gasteiger partial charge < -0.3 is 14.5 Å². The topological polar surface area (TPSA) is 49.9 Å². The fraction of sp³-hybridized carbons (Fsp3) is 0.652. The summed E-state index contributed by atoms with van der Waals surface area (Å²) < 4.78 is 6.37. The van der Waals surface area contributed by atoms with E-state index in [1.807, 2.05) is 30.9 Å². The molecule has 1 amide bonds. The van der Waals surface area contributed by atoms with Gasteiger partial charge in [-0.2, -0.15) is 0 Å². The lowest BCUT2D eigenvalue weighted by Gasteiger charge is -2.44. The van der Waals surface area contributed by atoms with Crippen LogP contribution in [-0.2, 0) is 4.79 Å². The molecule has 0 N–H and O–H groups in total. The van der Waals surface area contributed by atoms with Crippen LogP contribution in [0.25, 0.3) is 0 Å². The van der Waals surface area contributed by atoms with Gasteiger partial charge in [-0.25, -0.2) is 0 Å². The van der Waals surface area contributed by atoms with Crippen molar-refractivity contribution in [2.75, 3.05) is 33.2 Å². The number of fused-ring (bicyclic) bond motifs is 1. The predicted octanol–water partition coefficient (Wildman–Crippen LogP) is 3.75. The molecule has 154 valence electrons. The summed E-state index contributed by atoms with van der Waals surface area (Å²) in [7, 11) is 2.08. The van der Waals surface area contributed by atoms with Gasteiger partial charge in [0.2, 0.25) is 5.91 Å². The van der Waals surface area contributed by atoms with Crippen molar-refractivity contribution in [2.24, 2.45) is 0 Å². The van der Waals surface area contributed by atoms with E-state index in [2.05, 4.69) is 18.9 Å². The Labute approximate surface area is 169 Å². The smallest absolute Gasteiger partial charge is 0.223 e. The van der Waals surface area contributed by atoms with E-state index >= 15 is 0 Å². The van der Waals surface area contributed by atoms with Gasteiger partial charge in [0.15, 0.2) is 5.78 Å². The number of hydrogen-bond acceptors (Lipinski definition) is 4. The highest BCUT2D eigenvalue weighted by molar-refractivity contribution is 6.00. The minimum absolute atomic E-state index is 0.168. The fourth-order valence-electron chi connectivity index (χ4n) is 4.18. The summed E-state index contributed by atoms with van der Waals surface area (Å²) in [6.45, 7) is 9.45. The zero-order valence-electron chi connectivity index (χ0n) is 17.8. The quantitative estimate of drug-likeness (QED) is 0.747. The van der Waals surface area contributed by atoms with Gasteiger partial charge in [0.1, 0.15) is 11.4 Å². The highest BCUT2D eigenvalue weighted by Gasteiger charge is 2.43. The lowest BCUT2D eigenvalue weighted by atomic mass is 9.82. The molecule has 1 aromatic rings. The van der Waals surface area contributed by atoms with E-state index in [1.165, 1.54) is 12.8 Å². The summed E-state index contributed by atoms with van der Waals surface area (Å²) in [6.07, 6.45) is 4.78. The molecule has 0 radical (unpaired) electrons. The van der Waals surface area contributed by atoms with Crippen LogP contribution in [0.3, 0.4) is 0 Å². The third-order valence-corrected chi connectivity index (χ3v) is 6.33. The minimum Gasteiger partial charge on any atom is -0.486 e. The van der Waals surface area contributed by atoms with E-state index in [1.54, 1.807) is 0 Å². The van der Waals surface area contributed by atoms with Crippen LogP contribution in [0.2, 0.25) is 0 Å². The first kappa shape index (κ1) is 20.8. The lowest BCUT2D eigenvalue weighted by molar-refractivity contribution is -0.135. The lowest BCUT2D eigenvalue weighted by Crippen LogP contribution is -2.52. The van der Waals surface area contributed by atoms with Crippen LogP contribution in [0.4, 0.5) is 0 Å². The van der Waals surface area contributed by atoms with Crippen LogP contribution in [0.15, 0.2) is 12.1 Å². The van der Waals surface area contributed by atoms with Crippen molar-refractivity contribution in [1.82, 2.24) is 9.80 Å². The molecule has 0 unspecified atom stereocenters. The summed E-state index contributed by atoms with van der Waals surface area (Å²) in [5, 5.41) is 0. The van der Waals surface area contributed by atoms with E-state index < -0.39 is 5.60 Å². The van der Waals surface area contributed by atoms with Gasteiger partial charge >= 0.3 is 0 Å². The third-order valence-electron chi connectivity index (χ3n) is 6.33. The van der Waals surface area contributed by atoms with Crippen LogP contribution in [0.1, 0.15) is 66.9 Å². The number of likely N-dealkylation sites (tertiary alicyclic amines) is 1. The van der Waals surface area contributed by atoms with E-state index in [4.69, 9.17) is 4.74 Å². The summed E-state index contributed by atoms with van der Waals surface area (Å²) in [5.41, 5.74) is 2.53. The molecule has 0 aromatic heterocycles. The van der Waals surface area contributed by atoms with Crippen molar-refractivity contribution in [2.45, 2.75) is 64.9 Å². The molecule has 0 aliphatic carbocycles. The Bertz CT molecular complexity index is 736. The van der Waals surface area contributed by atoms with Gasteiger partial charge in [0.25, 0.3) is 0 Å². The van der Waals surface area contributed by atoms with Crippen molar-refractivity contribution >= 4 is 11.7 Å². The van der Waals surface area contributed by atoms with Crippen LogP contribution in [0.5, 0.6) is 5.75 Å². The zero-order valence-corrected chi connectivity index (χ0v) is 17.8. The Morgan fingerprint density at radius 3 is 2.54 bits per heavy atom. The van der Waals surface area contributed by atoms with E-state index in [9.17, 15) is 9.59 Å². The molecule has 1 fully saturated rings. The fourth-order valence-corrected chi connectivity index (χ4v) is 4.18. The van der Waals surface area contributed by atoms with Crippen molar-refractivity contribution in [3.63, 3.8) is 0 Å². The van der Waals surface area contributed by atoms with Crippen LogP contribution >= 0.6 is 0 Å². The number of aryl methyl sites for hydroxylation is 2. The normalized spacial score (nSPS) is 18.3. The molecule has 2 heterocycles. The number of hydrogen-bond donors (Lipinski definition) is 0. The number of ketones is 1. The molecule has 2 aliphatic rings. The van der Waals surface area contributed by atoms with Crippen LogP contribution in [0, 0.1) is 13.8 Å². The number of piperidine rings is 1. The molecule has 0 atom stereocenters. The molecule has 3 rings (SSSR count). The maximum absolute atomic E-state index is 12.7. The Morgan fingerprint density at radius 1 is 1.18 bits per heavy atom. The summed E-state index contributed by atoms with van der Waals surface area (Å²) in [4.78, 5) is 29.5. The number of Topliss-reactive ketones (excluding diaryl/α,β-unsaturated/α-hetero) is 1. The predicted molar refractivity (Wildman–Crippen MR) is 111 cm³/mol. The molecule has 0 bridgehead atoms. The SMILES string of the molecule is CCCCN(C)CCC(=O)N1CCC2(CC1)CC(=O)c1cc(C)c(C)cc1O2. The van der Waals surface area contributed by atoms with Gasteiger partial charge in [-0.15, -0.1) is 0 Å². The average molecular weight is 387 g/mol. The van der Waals surface area contributed by atoms with Crippen molar-refractivity contribution < 1.29 is 14.3 Å².